The molecule has 0 aliphatic rings. The van der Waals surface area contributed by atoms with Crippen LogP contribution in [0.25, 0.3) is 11.0 Å². The number of anilines is 2. The highest BCUT2D eigenvalue weighted by Gasteiger charge is 2.09. The van der Waals surface area contributed by atoms with Crippen molar-refractivity contribution < 1.29 is 4.74 Å². The number of nitrogens with one attached hydrogen (secondary N) is 1. The number of pyridine rings is 1. The molecule has 0 spiro atoms. The van der Waals surface area contributed by atoms with E-state index in [2.05, 4.69) is 26.1 Å². The van der Waals surface area contributed by atoms with Crippen molar-refractivity contribution in [1.29, 1.82) is 0 Å². The minimum absolute atomic E-state index is 0.209. The lowest BCUT2D eigenvalue weighted by Crippen LogP contribution is -2.19. The Morgan fingerprint density at radius 3 is 2.70 bits per heavy atom. The first kappa shape index (κ1) is 18.4. The van der Waals surface area contributed by atoms with E-state index in [4.69, 9.17) is 11.2 Å². The second-order valence-electron chi connectivity index (χ2n) is 6.33. The Morgan fingerprint density at radius 2 is 2.04 bits per heavy atom. The van der Waals surface area contributed by atoms with Gasteiger partial charge in [-0.15, -0.1) is 6.42 Å². The summed E-state index contributed by atoms with van der Waals surface area (Å²) in [6.45, 7) is 1.47. The van der Waals surface area contributed by atoms with Crippen LogP contribution in [0.4, 0.5) is 11.6 Å². The van der Waals surface area contributed by atoms with E-state index in [1.54, 1.807) is 13.2 Å². The molecule has 0 radical (unpaired) electrons. The van der Waals surface area contributed by atoms with E-state index in [1.807, 2.05) is 38.4 Å². The number of aryl methyl sites for hydroxylation is 1. The number of fused-ring (bicyclic) bond motifs is 1. The van der Waals surface area contributed by atoms with Crippen LogP contribution in [0.1, 0.15) is 5.56 Å². The van der Waals surface area contributed by atoms with Crippen molar-refractivity contribution in [3.63, 3.8) is 0 Å². The summed E-state index contributed by atoms with van der Waals surface area (Å²) in [5.74, 6) is 3.68. The van der Waals surface area contributed by atoms with Gasteiger partial charge >= 0.3 is 0 Å². The Morgan fingerprint density at radius 1 is 1.30 bits per heavy atom. The molecule has 2 heterocycles. The van der Waals surface area contributed by atoms with Gasteiger partial charge in [0.2, 0.25) is 5.95 Å². The number of ether oxygens (including phenoxy) is 1. The van der Waals surface area contributed by atoms with Gasteiger partial charge in [0.25, 0.3) is 5.56 Å². The number of hydrogen-bond acceptors (Lipinski definition) is 6. The molecule has 0 unspecified atom stereocenters. The molecule has 7 nitrogen and oxygen atoms in total. The molecule has 1 N–H and O–H groups in total. The summed E-state index contributed by atoms with van der Waals surface area (Å²) < 4.78 is 7.13. The van der Waals surface area contributed by atoms with Crippen LogP contribution in [0.3, 0.4) is 0 Å². The van der Waals surface area contributed by atoms with Crippen molar-refractivity contribution in [2.75, 3.05) is 32.6 Å². The Kier molecular flexibility index (Phi) is 5.38. The van der Waals surface area contributed by atoms with Crippen LogP contribution in [0.2, 0.25) is 0 Å². The molecule has 3 rings (SSSR count). The maximum atomic E-state index is 12.0. The van der Waals surface area contributed by atoms with Crippen molar-refractivity contribution in [1.82, 2.24) is 19.4 Å². The van der Waals surface area contributed by atoms with Crippen molar-refractivity contribution in [3.05, 3.63) is 52.4 Å². The molecule has 0 aliphatic carbocycles. The van der Waals surface area contributed by atoms with Crippen LogP contribution in [0, 0.1) is 12.3 Å². The second-order valence-corrected chi connectivity index (χ2v) is 6.33. The van der Waals surface area contributed by atoms with Crippen LogP contribution in [0.5, 0.6) is 5.75 Å². The first-order valence-corrected chi connectivity index (χ1v) is 8.46. The van der Waals surface area contributed by atoms with Crippen LogP contribution in [-0.2, 0) is 7.05 Å². The molecule has 0 atom stereocenters. The smallest absolute Gasteiger partial charge is 0.253 e. The maximum Gasteiger partial charge on any atom is 0.253 e. The number of terminal acetylenes is 1. The summed E-state index contributed by atoms with van der Waals surface area (Å²) in [4.78, 5) is 22.8. The average molecular weight is 363 g/mol. The predicted molar refractivity (Wildman–Crippen MR) is 106 cm³/mol. The molecule has 138 valence electrons. The first-order valence-electron chi connectivity index (χ1n) is 8.46. The highest BCUT2D eigenvalue weighted by Crippen LogP contribution is 2.20. The van der Waals surface area contributed by atoms with E-state index >= 15 is 0 Å². The summed E-state index contributed by atoms with van der Waals surface area (Å²) >= 11 is 0. The normalized spacial score (nSPS) is 10.8. The van der Waals surface area contributed by atoms with Gasteiger partial charge in [-0.25, -0.2) is 4.98 Å². The van der Waals surface area contributed by atoms with Gasteiger partial charge in [-0.1, -0.05) is 5.92 Å². The van der Waals surface area contributed by atoms with Crippen molar-refractivity contribution >= 4 is 22.7 Å². The fourth-order valence-electron chi connectivity index (χ4n) is 2.51. The third-order valence-electron chi connectivity index (χ3n) is 4.05. The molecule has 2 aromatic heterocycles. The summed E-state index contributed by atoms with van der Waals surface area (Å²) in [6.07, 6.45) is 7.10. The summed E-state index contributed by atoms with van der Waals surface area (Å²) in [6, 6.07) is 8.94. The van der Waals surface area contributed by atoms with E-state index in [-0.39, 0.29) is 5.56 Å². The van der Waals surface area contributed by atoms with Gasteiger partial charge in [0.1, 0.15) is 18.0 Å². The number of rotatable bonds is 6. The van der Waals surface area contributed by atoms with Gasteiger partial charge in [0.05, 0.1) is 5.39 Å². The molecule has 0 saturated heterocycles. The quantitative estimate of drug-likeness (QED) is 0.676. The Hall–Kier alpha value is -3.37. The Balaban J connectivity index is 1.80. The zero-order valence-corrected chi connectivity index (χ0v) is 15.6. The number of aromatic nitrogens is 3. The molecular formula is C20H21N5O2. The minimum atomic E-state index is -0.209. The van der Waals surface area contributed by atoms with Crippen LogP contribution >= 0.6 is 0 Å². The molecule has 7 heteroatoms. The summed E-state index contributed by atoms with van der Waals surface area (Å²) in [5.41, 5.74) is 1.57. The van der Waals surface area contributed by atoms with Gasteiger partial charge in [-0.3, -0.25) is 9.36 Å². The third-order valence-corrected chi connectivity index (χ3v) is 4.05. The molecule has 27 heavy (non-hydrogen) atoms. The van der Waals surface area contributed by atoms with Gasteiger partial charge in [0.15, 0.2) is 0 Å². The molecule has 3 aromatic rings. The van der Waals surface area contributed by atoms with E-state index in [0.29, 0.717) is 29.2 Å². The number of likely N-dealkylation sites (N-methyl/N-ethyl adjacent to an activating group) is 1. The lowest BCUT2D eigenvalue weighted by molar-refractivity contribution is 0.261. The van der Waals surface area contributed by atoms with Crippen LogP contribution in [-0.4, -0.2) is 46.7 Å². The molecule has 0 amide bonds. The highest BCUT2D eigenvalue weighted by atomic mass is 16.5. The van der Waals surface area contributed by atoms with E-state index in [0.717, 1.165) is 18.0 Å². The van der Waals surface area contributed by atoms with Gasteiger partial charge in [-0.2, -0.15) is 4.98 Å². The third kappa shape index (κ3) is 4.25. The summed E-state index contributed by atoms with van der Waals surface area (Å²) in [5, 5.41) is 3.79. The fourth-order valence-corrected chi connectivity index (χ4v) is 2.51. The van der Waals surface area contributed by atoms with Crippen molar-refractivity contribution in [2.45, 2.75) is 0 Å². The van der Waals surface area contributed by atoms with Crippen LogP contribution in [0.15, 0.2) is 41.3 Å². The second kappa shape index (κ2) is 7.89. The first-order chi connectivity index (χ1) is 13.0. The lowest BCUT2D eigenvalue weighted by Gasteiger charge is -2.12. The summed E-state index contributed by atoms with van der Waals surface area (Å²) in [7, 11) is 5.66. The molecule has 0 saturated carbocycles. The molecule has 0 aliphatic heterocycles. The van der Waals surface area contributed by atoms with Gasteiger partial charge < -0.3 is 15.0 Å². The van der Waals surface area contributed by atoms with E-state index in [9.17, 15) is 4.79 Å². The lowest BCUT2D eigenvalue weighted by atomic mass is 10.2. The molecule has 0 fully saturated rings. The van der Waals surface area contributed by atoms with Gasteiger partial charge in [0, 0.05) is 37.1 Å². The Bertz CT molecular complexity index is 1050. The van der Waals surface area contributed by atoms with E-state index in [1.165, 1.54) is 10.6 Å². The molecule has 1 aromatic carbocycles. The zero-order valence-electron chi connectivity index (χ0n) is 15.6. The predicted octanol–water partition coefficient (Wildman–Crippen LogP) is 1.99. The number of benzene rings is 1. The number of hydrogen-bond donors (Lipinski definition) is 1. The largest absolute Gasteiger partial charge is 0.492 e. The zero-order chi connectivity index (χ0) is 19.4. The maximum absolute atomic E-state index is 12.0. The van der Waals surface area contributed by atoms with Crippen molar-refractivity contribution in [3.8, 4) is 18.1 Å². The standard InChI is InChI=1S/C20H21N5O2/c1-5-14-12-18(26)25(4)19-17(14)13-21-20(23-19)22-15-6-8-16(9-7-15)27-11-10-24(2)3/h1,6-9,12-13H,10-11H2,2-4H3,(H,21,22,23). The molecule has 0 bridgehead atoms. The van der Waals surface area contributed by atoms with Crippen LogP contribution < -0.4 is 15.6 Å². The topological polar surface area (TPSA) is 72.3 Å². The fraction of sp³-hybridized carbons (Fsp3) is 0.250. The van der Waals surface area contributed by atoms with Gasteiger partial charge in [-0.05, 0) is 38.4 Å². The Labute approximate surface area is 157 Å². The highest BCUT2D eigenvalue weighted by molar-refractivity contribution is 5.82. The van der Waals surface area contributed by atoms with E-state index < -0.39 is 0 Å². The monoisotopic (exact) mass is 363 g/mol. The van der Waals surface area contributed by atoms with Crippen molar-refractivity contribution in [2.24, 2.45) is 7.05 Å². The minimum Gasteiger partial charge on any atom is -0.492 e. The average Bonchev–Trinajstić information content (AvgIpc) is 2.66. The SMILES string of the molecule is C#Cc1cc(=O)n(C)c2nc(Nc3ccc(OCCN(C)C)cc3)ncc12. The number of nitrogens with zero attached hydrogens (tertiary/aromatic N) is 4. The molecular weight excluding hydrogens is 342 g/mol.